The summed E-state index contributed by atoms with van der Waals surface area (Å²) in [7, 11) is -3.58. The van der Waals surface area contributed by atoms with Gasteiger partial charge in [0.15, 0.2) is 0 Å². The quantitative estimate of drug-likeness (QED) is 0.740. The van der Waals surface area contributed by atoms with Gasteiger partial charge >= 0.3 is 0 Å². The van der Waals surface area contributed by atoms with Gasteiger partial charge in [0.25, 0.3) is 0 Å². The smallest absolute Gasteiger partial charge is 0.241 e. The van der Waals surface area contributed by atoms with Gasteiger partial charge in [0.2, 0.25) is 10.0 Å². The SMILES string of the molecule is Cc1cc(C)c(S(=O)(=O)NCC2(c3ccc(C(C)O)s3)CCCC2)c(C)c1. The van der Waals surface area contributed by atoms with Gasteiger partial charge in [0.1, 0.15) is 0 Å². The fourth-order valence-corrected chi connectivity index (χ4v) is 7.09. The molecule has 148 valence electrons. The van der Waals surface area contributed by atoms with Crippen LogP contribution in [0, 0.1) is 20.8 Å². The molecule has 2 aromatic rings. The topological polar surface area (TPSA) is 66.4 Å². The number of hydrogen-bond donors (Lipinski definition) is 2. The second kappa shape index (κ2) is 7.66. The van der Waals surface area contributed by atoms with E-state index < -0.39 is 16.1 Å². The molecule has 1 unspecified atom stereocenters. The van der Waals surface area contributed by atoms with Crippen molar-refractivity contribution in [1.82, 2.24) is 4.72 Å². The molecule has 3 rings (SSSR count). The van der Waals surface area contributed by atoms with Gasteiger partial charge < -0.3 is 5.11 Å². The zero-order valence-corrected chi connectivity index (χ0v) is 18.1. The number of hydrogen-bond acceptors (Lipinski definition) is 4. The first kappa shape index (κ1) is 20.5. The highest BCUT2D eigenvalue weighted by atomic mass is 32.2. The molecule has 4 nitrogen and oxygen atoms in total. The molecule has 1 fully saturated rings. The maximum Gasteiger partial charge on any atom is 0.241 e. The van der Waals surface area contributed by atoms with E-state index in [-0.39, 0.29) is 5.41 Å². The lowest BCUT2D eigenvalue weighted by atomic mass is 9.85. The Morgan fingerprint density at radius 2 is 1.74 bits per heavy atom. The Bertz CT molecular complexity index is 900. The standard InChI is InChI=1S/C21H29NO3S2/c1-14-11-15(2)20(16(3)12-14)27(24,25)22-13-21(9-5-6-10-21)19-8-7-18(26-19)17(4)23/h7-8,11-12,17,22-23H,5-6,9-10,13H2,1-4H3. The van der Waals surface area contributed by atoms with Gasteiger partial charge in [-0.2, -0.15) is 0 Å². The van der Waals surface area contributed by atoms with Crippen molar-refractivity contribution in [2.75, 3.05) is 6.54 Å². The Labute approximate surface area is 166 Å². The second-order valence-corrected chi connectivity index (χ2v) is 10.7. The summed E-state index contributed by atoms with van der Waals surface area (Å²) in [5.74, 6) is 0. The molecule has 0 saturated heterocycles. The fraction of sp³-hybridized carbons (Fsp3) is 0.524. The molecule has 2 N–H and O–H groups in total. The summed E-state index contributed by atoms with van der Waals surface area (Å²) >= 11 is 1.61. The third kappa shape index (κ3) is 4.14. The molecule has 0 aliphatic heterocycles. The zero-order valence-electron chi connectivity index (χ0n) is 16.5. The maximum absolute atomic E-state index is 13.1. The number of thiophene rings is 1. The van der Waals surface area contributed by atoms with Gasteiger partial charge in [-0.25, -0.2) is 13.1 Å². The number of rotatable bonds is 6. The number of aliphatic hydroxyl groups is 1. The predicted molar refractivity (Wildman–Crippen MR) is 111 cm³/mol. The number of aliphatic hydroxyl groups excluding tert-OH is 1. The van der Waals surface area contributed by atoms with Crippen molar-refractivity contribution in [1.29, 1.82) is 0 Å². The number of sulfonamides is 1. The molecule has 6 heteroatoms. The molecule has 1 atom stereocenters. The molecule has 0 amide bonds. The summed E-state index contributed by atoms with van der Waals surface area (Å²) in [6, 6.07) is 7.87. The van der Waals surface area contributed by atoms with E-state index in [1.807, 2.05) is 39.0 Å². The third-order valence-corrected chi connectivity index (χ3v) is 8.80. The second-order valence-electron chi connectivity index (χ2n) is 7.92. The normalized spacial score (nSPS) is 18.0. The number of aryl methyl sites for hydroxylation is 3. The van der Waals surface area contributed by atoms with Gasteiger partial charge in [-0.15, -0.1) is 11.3 Å². The van der Waals surface area contributed by atoms with Crippen LogP contribution in [0.5, 0.6) is 0 Å². The lowest BCUT2D eigenvalue weighted by Gasteiger charge is -2.28. The summed E-state index contributed by atoms with van der Waals surface area (Å²) in [5.41, 5.74) is 2.47. The van der Waals surface area contributed by atoms with Crippen molar-refractivity contribution in [2.45, 2.75) is 69.8 Å². The summed E-state index contributed by atoms with van der Waals surface area (Å²) in [5, 5.41) is 9.85. The minimum Gasteiger partial charge on any atom is -0.388 e. The average molecular weight is 408 g/mol. The summed E-state index contributed by atoms with van der Waals surface area (Å²) in [4.78, 5) is 2.51. The molecule has 0 radical (unpaired) electrons. The molecule has 1 aliphatic rings. The first-order valence-electron chi connectivity index (χ1n) is 9.50. The molecule has 1 aliphatic carbocycles. The largest absolute Gasteiger partial charge is 0.388 e. The first-order chi connectivity index (χ1) is 12.6. The van der Waals surface area contributed by atoms with Crippen LogP contribution in [0.1, 0.15) is 65.2 Å². The third-order valence-electron chi connectivity index (χ3n) is 5.60. The van der Waals surface area contributed by atoms with Crippen LogP contribution in [0.15, 0.2) is 29.2 Å². The van der Waals surface area contributed by atoms with Gasteiger partial charge in [0.05, 0.1) is 11.0 Å². The number of nitrogens with one attached hydrogen (secondary N) is 1. The molecular formula is C21H29NO3S2. The van der Waals surface area contributed by atoms with Gasteiger partial charge in [-0.05, 0) is 63.8 Å². The van der Waals surface area contributed by atoms with Crippen LogP contribution >= 0.6 is 11.3 Å². The molecular weight excluding hydrogens is 378 g/mol. The minimum atomic E-state index is -3.58. The molecule has 1 heterocycles. The molecule has 0 bridgehead atoms. The van der Waals surface area contributed by atoms with E-state index in [4.69, 9.17) is 0 Å². The van der Waals surface area contributed by atoms with Crippen molar-refractivity contribution in [3.05, 3.63) is 50.7 Å². The maximum atomic E-state index is 13.1. The Morgan fingerprint density at radius 3 is 2.26 bits per heavy atom. The highest BCUT2D eigenvalue weighted by molar-refractivity contribution is 7.89. The highest BCUT2D eigenvalue weighted by Gasteiger charge is 2.38. The van der Waals surface area contributed by atoms with E-state index in [2.05, 4.69) is 10.8 Å². The summed E-state index contributed by atoms with van der Waals surface area (Å²) in [6.07, 6.45) is 3.66. The predicted octanol–water partition coefficient (Wildman–Crippen LogP) is 4.52. The molecule has 0 spiro atoms. The molecule has 1 aromatic carbocycles. The lowest BCUT2D eigenvalue weighted by molar-refractivity contribution is 0.203. The van der Waals surface area contributed by atoms with Crippen LogP contribution in [0.2, 0.25) is 0 Å². The minimum absolute atomic E-state index is 0.169. The van der Waals surface area contributed by atoms with E-state index in [0.717, 1.165) is 47.3 Å². The lowest BCUT2D eigenvalue weighted by Crippen LogP contribution is -2.38. The average Bonchev–Trinajstić information content (AvgIpc) is 3.22. The van der Waals surface area contributed by atoms with E-state index in [9.17, 15) is 13.5 Å². The van der Waals surface area contributed by atoms with Crippen LogP contribution < -0.4 is 4.72 Å². The Hall–Kier alpha value is -1.21. The molecule has 1 aromatic heterocycles. The van der Waals surface area contributed by atoms with E-state index in [0.29, 0.717) is 11.4 Å². The van der Waals surface area contributed by atoms with Gasteiger partial charge in [-0.3, -0.25) is 0 Å². The van der Waals surface area contributed by atoms with E-state index in [1.165, 1.54) is 4.88 Å². The van der Waals surface area contributed by atoms with Crippen LogP contribution in [0.25, 0.3) is 0 Å². The van der Waals surface area contributed by atoms with Gasteiger partial charge in [0, 0.05) is 21.7 Å². The van der Waals surface area contributed by atoms with Crippen LogP contribution in [0.4, 0.5) is 0 Å². The summed E-state index contributed by atoms with van der Waals surface area (Å²) < 4.78 is 29.1. The molecule has 1 saturated carbocycles. The Balaban J connectivity index is 1.88. The summed E-state index contributed by atoms with van der Waals surface area (Å²) in [6.45, 7) is 7.86. The Kier molecular flexibility index (Phi) is 5.82. The van der Waals surface area contributed by atoms with Crippen molar-refractivity contribution in [2.24, 2.45) is 0 Å². The van der Waals surface area contributed by atoms with Crippen molar-refractivity contribution in [3.63, 3.8) is 0 Å². The first-order valence-corrected chi connectivity index (χ1v) is 11.8. The monoisotopic (exact) mass is 407 g/mol. The van der Waals surface area contributed by atoms with Crippen molar-refractivity contribution >= 4 is 21.4 Å². The van der Waals surface area contributed by atoms with Crippen LogP contribution in [-0.2, 0) is 15.4 Å². The molecule has 27 heavy (non-hydrogen) atoms. The fourth-order valence-electron chi connectivity index (χ4n) is 4.32. The van der Waals surface area contributed by atoms with Gasteiger partial charge in [-0.1, -0.05) is 30.5 Å². The zero-order chi connectivity index (χ0) is 19.8. The van der Waals surface area contributed by atoms with Crippen LogP contribution in [0.3, 0.4) is 0 Å². The van der Waals surface area contributed by atoms with Crippen molar-refractivity contribution < 1.29 is 13.5 Å². The van der Waals surface area contributed by atoms with E-state index >= 15 is 0 Å². The van der Waals surface area contributed by atoms with Crippen LogP contribution in [-0.4, -0.2) is 20.1 Å². The Morgan fingerprint density at radius 1 is 1.15 bits per heavy atom. The van der Waals surface area contributed by atoms with E-state index in [1.54, 1.807) is 18.3 Å². The number of benzene rings is 1. The highest BCUT2D eigenvalue weighted by Crippen LogP contribution is 2.44. The van der Waals surface area contributed by atoms with Crippen molar-refractivity contribution in [3.8, 4) is 0 Å².